The van der Waals surface area contributed by atoms with Crippen molar-refractivity contribution < 1.29 is 4.42 Å². The van der Waals surface area contributed by atoms with E-state index in [4.69, 9.17) is 10.2 Å². The largest absolute Gasteiger partial charge is 0.469 e. The van der Waals surface area contributed by atoms with Gasteiger partial charge in [0.05, 0.1) is 17.6 Å². The van der Waals surface area contributed by atoms with Crippen LogP contribution in [0.2, 0.25) is 0 Å². The Morgan fingerprint density at radius 2 is 2.32 bits per heavy atom. The van der Waals surface area contributed by atoms with E-state index in [-0.39, 0.29) is 0 Å². The molecule has 104 valence electrons. The minimum Gasteiger partial charge on any atom is -0.469 e. The zero-order chi connectivity index (χ0) is 13.8. The SMILES string of the molecule is CCn1nc(C)c(N)c1NC(C)CCc1ccco1. The molecule has 5 heteroatoms. The van der Waals surface area contributed by atoms with E-state index in [9.17, 15) is 0 Å². The van der Waals surface area contributed by atoms with Gasteiger partial charge >= 0.3 is 0 Å². The molecule has 0 aromatic carbocycles. The number of nitrogen functional groups attached to an aromatic ring is 1. The third-order valence-electron chi connectivity index (χ3n) is 3.26. The van der Waals surface area contributed by atoms with Crippen LogP contribution in [0.25, 0.3) is 0 Å². The summed E-state index contributed by atoms with van der Waals surface area (Å²) in [5, 5.41) is 7.85. The second-order valence-corrected chi connectivity index (χ2v) is 4.83. The lowest BCUT2D eigenvalue weighted by atomic mass is 10.1. The van der Waals surface area contributed by atoms with E-state index >= 15 is 0 Å². The molecule has 5 nitrogen and oxygen atoms in total. The first-order valence-electron chi connectivity index (χ1n) is 6.73. The van der Waals surface area contributed by atoms with E-state index in [2.05, 4.69) is 24.3 Å². The van der Waals surface area contributed by atoms with Crippen molar-refractivity contribution in [3.63, 3.8) is 0 Å². The summed E-state index contributed by atoms with van der Waals surface area (Å²) in [5.41, 5.74) is 7.67. The Hall–Kier alpha value is -1.91. The van der Waals surface area contributed by atoms with Gasteiger partial charge in [-0.3, -0.25) is 0 Å². The zero-order valence-electron chi connectivity index (χ0n) is 11.8. The number of nitrogens with one attached hydrogen (secondary N) is 1. The first kappa shape index (κ1) is 13.5. The minimum atomic E-state index is 0.314. The summed E-state index contributed by atoms with van der Waals surface area (Å²) in [7, 11) is 0. The van der Waals surface area contributed by atoms with Crippen molar-refractivity contribution in [1.82, 2.24) is 9.78 Å². The van der Waals surface area contributed by atoms with Crippen LogP contribution >= 0.6 is 0 Å². The third-order valence-corrected chi connectivity index (χ3v) is 3.26. The minimum absolute atomic E-state index is 0.314. The molecule has 0 spiro atoms. The van der Waals surface area contributed by atoms with Crippen molar-refractivity contribution >= 4 is 11.5 Å². The Kier molecular flexibility index (Phi) is 4.14. The summed E-state index contributed by atoms with van der Waals surface area (Å²) in [5.74, 6) is 1.94. The number of nitrogens with zero attached hydrogens (tertiary/aromatic N) is 2. The summed E-state index contributed by atoms with van der Waals surface area (Å²) in [6.45, 7) is 6.95. The van der Waals surface area contributed by atoms with Crippen molar-refractivity contribution in [3.05, 3.63) is 29.9 Å². The number of aromatic nitrogens is 2. The Balaban J connectivity index is 1.96. The standard InChI is InChI=1S/C14H22N4O/c1-4-18-14(13(15)11(3)17-18)16-10(2)7-8-12-6-5-9-19-12/h5-6,9-10,16H,4,7-8,15H2,1-3H3. The van der Waals surface area contributed by atoms with Crippen LogP contribution in [0.15, 0.2) is 22.8 Å². The Morgan fingerprint density at radius 3 is 2.95 bits per heavy atom. The number of furan rings is 1. The molecule has 0 radical (unpaired) electrons. The Morgan fingerprint density at radius 1 is 1.53 bits per heavy atom. The fourth-order valence-electron chi connectivity index (χ4n) is 2.10. The average Bonchev–Trinajstić information content (AvgIpc) is 3.00. The van der Waals surface area contributed by atoms with Crippen molar-refractivity contribution in [1.29, 1.82) is 0 Å². The van der Waals surface area contributed by atoms with Crippen molar-refractivity contribution in [2.75, 3.05) is 11.1 Å². The molecule has 2 heterocycles. The monoisotopic (exact) mass is 262 g/mol. The van der Waals surface area contributed by atoms with Gasteiger partial charge in [-0.15, -0.1) is 0 Å². The van der Waals surface area contributed by atoms with Gasteiger partial charge in [0.25, 0.3) is 0 Å². The summed E-state index contributed by atoms with van der Waals surface area (Å²) < 4.78 is 7.25. The lowest BCUT2D eigenvalue weighted by Crippen LogP contribution is -2.19. The van der Waals surface area contributed by atoms with Gasteiger partial charge in [0, 0.05) is 19.0 Å². The second-order valence-electron chi connectivity index (χ2n) is 4.83. The van der Waals surface area contributed by atoms with E-state index < -0.39 is 0 Å². The molecule has 1 unspecified atom stereocenters. The molecule has 0 aliphatic heterocycles. The number of nitrogens with two attached hydrogens (primary N) is 1. The first-order chi connectivity index (χ1) is 9.11. The highest BCUT2D eigenvalue weighted by molar-refractivity contribution is 5.65. The van der Waals surface area contributed by atoms with E-state index in [0.29, 0.717) is 6.04 Å². The maximum atomic E-state index is 6.05. The second kappa shape index (κ2) is 5.82. The van der Waals surface area contributed by atoms with Gasteiger partial charge in [0.2, 0.25) is 0 Å². The van der Waals surface area contributed by atoms with Crippen LogP contribution in [0.5, 0.6) is 0 Å². The van der Waals surface area contributed by atoms with Gasteiger partial charge in [0.1, 0.15) is 11.6 Å². The lowest BCUT2D eigenvalue weighted by molar-refractivity contribution is 0.494. The van der Waals surface area contributed by atoms with Crippen LogP contribution in [-0.2, 0) is 13.0 Å². The predicted molar refractivity (Wildman–Crippen MR) is 77.2 cm³/mol. The molecular formula is C14H22N4O. The molecule has 2 rings (SSSR count). The first-order valence-corrected chi connectivity index (χ1v) is 6.73. The molecule has 0 aliphatic rings. The highest BCUT2D eigenvalue weighted by Gasteiger charge is 2.13. The van der Waals surface area contributed by atoms with Crippen LogP contribution in [0.1, 0.15) is 31.7 Å². The van der Waals surface area contributed by atoms with Gasteiger partial charge < -0.3 is 15.5 Å². The summed E-state index contributed by atoms with van der Waals surface area (Å²) in [6, 6.07) is 4.23. The normalized spacial score (nSPS) is 12.6. The van der Waals surface area contributed by atoms with Gasteiger partial charge in [0.15, 0.2) is 0 Å². The molecule has 19 heavy (non-hydrogen) atoms. The van der Waals surface area contributed by atoms with E-state index in [1.807, 2.05) is 23.7 Å². The molecule has 0 saturated heterocycles. The molecule has 1 atom stereocenters. The molecule has 0 bridgehead atoms. The maximum Gasteiger partial charge on any atom is 0.148 e. The number of hydrogen-bond donors (Lipinski definition) is 2. The van der Waals surface area contributed by atoms with E-state index in [1.165, 1.54) is 0 Å². The fraction of sp³-hybridized carbons (Fsp3) is 0.500. The quantitative estimate of drug-likeness (QED) is 0.840. The molecule has 0 aliphatic carbocycles. The highest BCUT2D eigenvalue weighted by atomic mass is 16.3. The topological polar surface area (TPSA) is 69.0 Å². The van der Waals surface area contributed by atoms with Crippen LogP contribution < -0.4 is 11.1 Å². The van der Waals surface area contributed by atoms with E-state index in [0.717, 1.165) is 42.3 Å². The maximum absolute atomic E-state index is 6.05. The summed E-state index contributed by atoms with van der Waals surface area (Å²) in [4.78, 5) is 0. The van der Waals surface area contributed by atoms with Crippen LogP contribution in [-0.4, -0.2) is 15.8 Å². The average molecular weight is 262 g/mol. The highest BCUT2D eigenvalue weighted by Crippen LogP contribution is 2.23. The van der Waals surface area contributed by atoms with E-state index in [1.54, 1.807) is 6.26 Å². The molecule has 0 saturated carbocycles. The number of rotatable bonds is 6. The molecular weight excluding hydrogens is 240 g/mol. The van der Waals surface area contributed by atoms with Gasteiger partial charge in [-0.1, -0.05) is 0 Å². The summed E-state index contributed by atoms with van der Waals surface area (Å²) >= 11 is 0. The Bertz CT molecular complexity index is 516. The lowest BCUT2D eigenvalue weighted by Gasteiger charge is -2.16. The molecule has 3 N–H and O–H groups in total. The van der Waals surface area contributed by atoms with Crippen molar-refractivity contribution in [3.8, 4) is 0 Å². The predicted octanol–water partition coefficient (Wildman–Crippen LogP) is 2.82. The molecule has 0 fully saturated rings. The van der Waals surface area contributed by atoms with Crippen LogP contribution in [0, 0.1) is 6.92 Å². The van der Waals surface area contributed by atoms with Gasteiger partial charge in [-0.25, -0.2) is 4.68 Å². The molecule has 0 amide bonds. The van der Waals surface area contributed by atoms with Gasteiger partial charge in [-0.2, -0.15) is 5.10 Å². The fourth-order valence-corrected chi connectivity index (χ4v) is 2.10. The Labute approximate surface area is 113 Å². The summed E-state index contributed by atoms with van der Waals surface area (Å²) in [6.07, 6.45) is 3.61. The van der Waals surface area contributed by atoms with Crippen molar-refractivity contribution in [2.24, 2.45) is 0 Å². The van der Waals surface area contributed by atoms with Crippen LogP contribution in [0.3, 0.4) is 0 Å². The van der Waals surface area contributed by atoms with Gasteiger partial charge in [-0.05, 0) is 39.3 Å². The third kappa shape index (κ3) is 3.10. The van der Waals surface area contributed by atoms with Crippen LogP contribution in [0.4, 0.5) is 11.5 Å². The number of hydrogen-bond acceptors (Lipinski definition) is 4. The smallest absolute Gasteiger partial charge is 0.148 e. The molecule has 2 aromatic rings. The number of anilines is 2. The molecule has 2 aromatic heterocycles. The zero-order valence-corrected chi connectivity index (χ0v) is 11.8. The van der Waals surface area contributed by atoms with Crippen molar-refractivity contribution in [2.45, 2.75) is 46.2 Å². The number of aryl methyl sites for hydroxylation is 3.